The Balaban J connectivity index is 1.53. The molecule has 4 heteroatoms. The predicted octanol–water partition coefficient (Wildman–Crippen LogP) is 6.15. The fourth-order valence-electron chi connectivity index (χ4n) is 5.90. The molecule has 5 aromatic carbocycles. The minimum Gasteiger partial charge on any atom is -0.453 e. The van der Waals surface area contributed by atoms with Gasteiger partial charge in [0.05, 0.1) is 22.4 Å². The number of benzene rings is 5. The standard InChI is InChI=1S/C30H19BN2O/c1-3-14-24-20(10-1)21-11-9-13-23-30(21)32(24)25-15-4-2-12-22(25)31(23)33-26-16-5-7-18-28(26)34-29-19-8-6-17-27(29)33/h1-19H. The first kappa shape index (κ1) is 18.0. The van der Waals surface area contributed by atoms with Crippen molar-refractivity contribution >= 4 is 51.0 Å². The largest absolute Gasteiger partial charge is 0.453 e. The first-order valence-electron chi connectivity index (χ1n) is 11.7. The van der Waals surface area contributed by atoms with Crippen molar-refractivity contribution in [1.29, 1.82) is 0 Å². The van der Waals surface area contributed by atoms with Gasteiger partial charge in [-0.3, -0.25) is 0 Å². The molecule has 0 unspecified atom stereocenters. The molecule has 0 aliphatic carbocycles. The van der Waals surface area contributed by atoms with E-state index in [0.29, 0.717) is 0 Å². The van der Waals surface area contributed by atoms with Gasteiger partial charge in [0, 0.05) is 16.5 Å². The molecule has 158 valence electrons. The summed E-state index contributed by atoms with van der Waals surface area (Å²) in [5.74, 6) is 1.77. The second-order valence-electron chi connectivity index (χ2n) is 8.96. The normalized spacial score (nSPS) is 13.4. The molecular weight excluding hydrogens is 415 g/mol. The molecule has 0 radical (unpaired) electrons. The van der Waals surface area contributed by atoms with E-state index in [1.807, 2.05) is 12.1 Å². The summed E-state index contributed by atoms with van der Waals surface area (Å²) >= 11 is 0. The zero-order valence-electron chi connectivity index (χ0n) is 18.3. The van der Waals surface area contributed by atoms with Crippen molar-refractivity contribution in [3.63, 3.8) is 0 Å². The van der Waals surface area contributed by atoms with Gasteiger partial charge in [-0.05, 0) is 47.3 Å². The van der Waals surface area contributed by atoms with Crippen molar-refractivity contribution in [3.05, 3.63) is 115 Å². The molecule has 0 saturated carbocycles. The summed E-state index contributed by atoms with van der Waals surface area (Å²) < 4.78 is 8.78. The van der Waals surface area contributed by atoms with Gasteiger partial charge in [-0.1, -0.05) is 78.9 Å². The van der Waals surface area contributed by atoms with Gasteiger partial charge in [-0.25, -0.2) is 0 Å². The molecule has 0 bridgehead atoms. The Morgan fingerprint density at radius 1 is 0.500 bits per heavy atom. The van der Waals surface area contributed by atoms with E-state index in [1.165, 1.54) is 38.4 Å². The summed E-state index contributed by atoms with van der Waals surface area (Å²) in [5, 5.41) is 2.58. The van der Waals surface area contributed by atoms with E-state index in [1.54, 1.807) is 0 Å². The van der Waals surface area contributed by atoms with Crippen LogP contribution in [0.1, 0.15) is 0 Å². The lowest BCUT2D eigenvalue weighted by Crippen LogP contribution is -2.58. The molecule has 6 aromatic rings. The van der Waals surface area contributed by atoms with Gasteiger partial charge in [-0.15, -0.1) is 0 Å². The zero-order valence-corrected chi connectivity index (χ0v) is 18.3. The molecule has 0 N–H and O–H groups in total. The number of ether oxygens (including phenoxy) is 1. The molecule has 0 fully saturated rings. The maximum atomic E-state index is 6.33. The number of rotatable bonds is 1. The highest BCUT2D eigenvalue weighted by Crippen LogP contribution is 2.47. The highest BCUT2D eigenvalue weighted by molar-refractivity contribution is 6.92. The third-order valence-corrected chi connectivity index (χ3v) is 7.22. The number of nitrogens with zero attached hydrogens (tertiary/aromatic N) is 2. The monoisotopic (exact) mass is 434 g/mol. The molecule has 0 amide bonds. The Kier molecular flexibility index (Phi) is 3.48. The number of hydrogen-bond acceptors (Lipinski definition) is 2. The number of para-hydroxylation sites is 7. The third kappa shape index (κ3) is 2.22. The average molecular weight is 434 g/mol. The van der Waals surface area contributed by atoms with Crippen molar-refractivity contribution in [3.8, 4) is 17.2 Å². The summed E-state index contributed by atoms with van der Waals surface area (Å²) in [4.78, 5) is 2.46. The predicted molar refractivity (Wildman–Crippen MR) is 141 cm³/mol. The van der Waals surface area contributed by atoms with Crippen LogP contribution in [0, 0.1) is 0 Å². The zero-order chi connectivity index (χ0) is 22.2. The van der Waals surface area contributed by atoms with Crippen LogP contribution in [0.4, 0.5) is 11.4 Å². The van der Waals surface area contributed by atoms with Crippen LogP contribution in [-0.2, 0) is 0 Å². The molecule has 1 aromatic heterocycles. The second-order valence-corrected chi connectivity index (χ2v) is 8.96. The molecule has 8 rings (SSSR count). The smallest absolute Gasteiger partial charge is 0.332 e. The Bertz CT molecular complexity index is 1720. The van der Waals surface area contributed by atoms with E-state index >= 15 is 0 Å². The van der Waals surface area contributed by atoms with E-state index in [-0.39, 0.29) is 6.85 Å². The van der Waals surface area contributed by atoms with Crippen LogP contribution in [0.5, 0.6) is 11.5 Å². The van der Waals surface area contributed by atoms with Crippen molar-refractivity contribution in [2.24, 2.45) is 0 Å². The van der Waals surface area contributed by atoms with Gasteiger partial charge in [0.15, 0.2) is 0 Å². The quantitative estimate of drug-likeness (QED) is 0.289. The maximum absolute atomic E-state index is 6.33. The Labute approximate surface area is 197 Å². The van der Waals surface area contributed by atoms with Crippen molar-refractivity contribution in [2.45, 2.75) is 0 Å². The molecule has 0 atom stereocenters. The van der Waals surface area contributed by atoms with Crippen molar-refractivity contribution in [1.82, 2.24) is 4.57 Å². The van der Waals surface area contributed by atoms with Crippen LogP contribution in [0.25, 0.3) is 27.5 Å². The average Bonchev–Trinajstić information content (AvgIpc) is 3.24. The molecule has 34 heavy (non-hydrogen) atoms. The first-order chi connectivity index (χ1) is 16.9. The van der Waals surface area contributed by atoms with E-state index in [2.05, 4.69) is 113 Å². The van der Waals surface area contributed by atoms with Crippen molar-refractivity contribution in [2.75, 3.05) is 4.81 Å². The van der Waals surface area contributed by atoms with Gasteiger partial charge in [0.1, 0.15) is 11.5 Å². The number of fused-ring (bicyclic) bond motifs is 7. The minimum atomic E-state index is 0.0166. The highest BCUT2D eigenvalue weighted by atomic mass is 16.5. The lowest BCUT2D eigenvalue weighted by molar-refractivity contribution is 0.478. The number of hydrogen-bond donors (Lipinski definition) is 0. The maximum Gasteiger partial charge on any atom is 0.332 e. The number of aromatic nitrogens is 1. The van der Waals surface area contributed by atoms with Crippen LogP contribution in [0.2, 0.25) is 0 Å². The summed E-state index contributed by atoms with van der Waals surface area (Å²) in [6, 6.07) is 41.0. The summed E-state index contributed by atoms with van der Waals surface area (Å²) in [6.07, 6.45) is 0. The lowest BCUT2D eigenvalue weighted by atomic mass is 9.46. The van der Waals surface area contributed by atoms with E-state index < -0.39 is 0 Å². The second kappa shape index (κ2) is 6.55. The topological polar surface area (TPSA) is 17.4 Å². The van der Waals surface area contributed by atoms with Gasteiger partial charge in [0.25, 0.3) is 0 Å². The summed E-state index contributed by atoms with van der Waals surface area (Å²) in [6.45, 7) is 0.0166. The lowest BCUT2D eigenvalue weighted by Gasteiger charge is -2.40. The molecule has 0 spiro atoms. The number of anilines is 2. The van der Waals surface area contributed by atoms with E-state index in [4.69, 9.17) is 4.74 Å². The van der Waals surface area contributed by atoms with Gasteiger partial charge in [0.2, 0.25) is 0 Å². The fourth-order valence-corrected chi connectivity index (χ4v) is 5.90. The van der Waals surface area contributed by atoms with Gasteiger partial charge in [-0.2, -0.15) is 0 Å². The van der Waals surface area contributed by atoms with Crippen LogP contribution in [0.3, 0.4) is 0 Å². The third-order valence-electron chi connectivity index (χ3n) is 7.22. The Morgan fingerprint density at radius 2 is 1.09 bits per heavy atom. The van der Waals surface area contributed by atoms with Gasteiger partial charge < -0.3 is 14.1 Å². The SMILES string of the molecule is c1ccc2c(c1)Oc1ccccc1N2B1c2ccccc2-n2c3ccccc3c3cccc1c32. The molecule has 3 heterocycles. The van der Waals surface area contributed by atoms with Crippen LogP contribution in [0.15, 0.2) is 115 Å². The van der Waals surface area contributed by atoms with Crippen LogP contribution >= 0.6 is 0 Å². The van der Waals surface area contributed by atoms with Gasteiger partial charge >= 0.3 is 6.85 Å². The highest BCUT2D eigenvalue weighted by Gasteiger charge is 2.40. The molecular formula is C30H19BN2O. The fraction of sp³-hybridized carbons (Fsp3) is 0. The molecule has 2 aliphatic heterocycles. The first-order valence-corrected chi connectivity index (χ1v) is 11.7. The molecule has 2 aliphatic rings. The Hall–Kier alpha value is -4.44. The Morgan fingerprint density at radius 3 is 1.88 bits per heavy atom. The van der Waals surface area contributed by atoms with E-state index in [0.717, 1.165) is 22.9 Å². The van der Waals surface area contributed by atoms with Crippen molar-refractivity contribution < 1.29 is 4.74 Å². The molecule has 3 nitrogen and oxygen atoms in total. The van der Waals surface area contributed by atoms with E-state index in [9.17, 15) is 0 Å². The summed E-state index contributed by atoms with van der Waals surface area (Å²) in [5.41, 5.74) is 8.53. The minimum absolute atomic E-state index is 0.0166. The summed E-state index contributed by atoms with van der Waals surface area (Å²) in [7, 11) is 0. The molecule has 0 saturated heterocycles. The van der Waals surface area contributed by atoms with Crippen LogP contribution < -0.4 is 20.5 Å². The van der Waals surface area contributed by atoms with Crippen LogP contribution in [-0.4, -0.2) is 11.4 Å².